The van der Waals surface area contributed by atoms with E-state index >= 15 is 0 Å². The van der Waals surface area contributed by atoms with Gasteiger partial charge in [-0.2, -0.15) is 5.26 Å². The highest BCUT2D eigenvalue weighted by Gasteiger charge is 2.29. The number of hydrogen-bond donors (Lipinski definition) is 0. The zero-order valence-corrected chi connectivity index (χ0v) is 10.9. The van der Waals surface area contributed by atoms with Crippen molar-refractivity contribution in [3.63, 3.8) is 0 Å². The van der Waals surface area contributed by atoms with Crippen molar-refractivity contribution >= 4 is 5.69 Å². The minimum absolute atomic E-state index is 0.156. The lowest BCUT2D eigenvalue weighted by atomic mass is 9.80. The number of benzene rings is 1. The predicted octanol–water partition coefficient (Wildman–Crippen LogP) is 4.17. The second-order valence-corrected chi connectivity index (χ2v) is 5.18. The molecule has 4 nitrogen and oxygen atoms in total. The summed E-state index contributed by atoms with van der Waals surface area (Å²) in [6.07, 6.45) is 5.85. The van der Waals surface area contributed by atoms with Crippen molar-refractivity contribution < 1.29 is 4.92 Å². The monoisotopic (exact) mass is 258 g/mol. The van der Waals surface area contributed by atoms with Crippen LogP contribution in [0.1, 0.15) is 50.0 Å². The van der Waals surface area contributed by atoms with Crippen molar-refractivity contribution in [2.24, 2.45) is 5.92 Å². The molecule has 2 unspecified atom stereocenters. The molecule has 0 spiro atoms. The van der Waals surface area contributed by atoms with Crippen LogP contribution in [0.3, 0.4) is 0 Å². The van der Waals surface area contributed by atoms with Crippen molar-refractivity contribution in [1.82, 2.24) is 0 Å². The van der Waals surface area contributed by atoms with Gasteiger partial charge < -0.3 is 0 Å². The Kier molecular flexibility index (Phi) is 4.51. The molecule has 1 saturated carbocycles. The van der Waals surface area contributed by atoms with Crippen molar-refractivity contribution in [3.05, 3.63) is 39.9 Å². The van der Waals surface area contributed by atoms with Crippen molar-refractivity contribution in [2.45, 2.75) is 44.4 Å². The van der Waals surface area contributed by atoms with Crippen LogP contribution in [0.4, 0.5) is 5.69 Å². The Morgan fingerprint density at radius 1 is 1.26 bits per heavy atom. The van der Waals surface area contributed by atoms with Gasteiger partial charge in [-0.1, -0.05) is 37.5 Å². The van der Waals surface area contributed by atoms with E-state index in [-0.39, 0.29) is 22.4 Å². The molecule has 19 heavy (non-hydrogen) atoms. The van der Waals surface area contributed by atoms with E-state index in [4.69, 9.17) is 5.26 Å². The van der Waals surface area contributed by atoms with E-state index in [1.54, 1.807) is 12.1 Å². The molecule has 0 amide bonds. The summed E-state index contributed by atoms with van der Waals surface area (Å²) in [6, 6.07) is 9.24. The van der Waals surface area contributed by atoms with Crippen LogP contribution in [0.5, 0.6) is 0 Å². The number of nitriles is 1. The Hall–Kier alpha value is -1.89. The second kappa shape index (κ2) is 6.33. The highest BCUT2D eigenvalue weighted by atomic mass is 16.6. The Morgan fingerprint density at radius 2 is 2.00 bits per heavy atom. The van der Waals surface area contributed by atoms with Crippen molar-refractivity contribution in [2.75, 3.05) is 0 Å². The lowest BCUT2D eigenvalue weighted by Crippen LogP contribution is -2.13. The molecular formula is C15H18N2O2. The fourth-order valence-electron chi connectivity index (χ4n) is 3.12. The summed E-state index contributed by atoms with van der Waals surface area (Å²) in [4.78, 5) is 10.9. The largest absolute Gasteiger partial charge is 0.272 e. The second-order valence-electron chi connectivity index (χ2n) is 5.18. The lowest BCUT2D eigenvalue weighted by molar-refractivity contribution is -0.385. The SMILES string of the molecule is N#CCC1CCCCCC1c1ccccc1[N+](=O)[O-]. The molecule has 0 bridgehead atoms. The summed E-state index contributed by atoms with van der Waals surface area (Å²) < 4.78 is 0. The molecule has 1 aliphatic carbocycles. The van der Waals surface area contributed by atoms with E-state index in [0.717, 1.165) is 31.2 Å². The maximum absolute atomic E-state index is 11.2. The quantitative estimate of drug-likeness (QED) is 0.464. The number of hydrogen-bond acceptors (Lipinski definition) is 3. The molecule has 2 atom stereocenters. The van der Waals surface area contributed by atoms with Gasteiger partial charge in [0, 0.05) is 18.1 Å². The molecule has 0 aliphatic heterocycles. The molecule has 0 aromatic heterocycles. The van der Waals surface area contributed by atoms with Gasteiger partial charge in [-0.15, -0.1) is 0 Å². The van der Waals surface area contributed by atoms with Gasteiger partial charge in [-0.25, -0.2) is 0 Å². The van der Waals surface area contributed by atoms with Crippen LogP contribution < -0.4 is 0 Å². The van der Waals surface area contributed by atoms with Gasteiger partial charge in [-0.3, -0.25) is 10.1 Å². The predicted molar refractivity (Wildman–Crippen MR) is 72.6 cm³/mol. The Labute approximate surface area is 113 Å². The van der Waals surface area contributed by atoms with Crippen LogP contribution in [0.15, 0.2) is 24.3 Å². The Balaban J connectivity index is 2.36. The fourth-order valence-corrected chi connectivity index (χ4v) is 3.12. The molecule has 0 saturated heterocycles. The average Bonchev–Trinajstić information content (AvgIpc) is 2.64. The van der Waals surface area contributed by atoms with E-state index in [9.17, 15) is 10.1 Å². The third kappa shape index (κ3) is 3.11. The van der Waals surface area contributed by atoms with E-state index < -0.39 is 0 Å². The van der Waals surface area contributed by atoms with E-state index in [1.807, 2.05) is 12.1 Å². The zero-order valence-electron chi connectivity index (χ0n) is 10.9. The minimum atomic E-state index is -0.302. The van der Waals surface area contributed by atoms with Gasteiger partial charge >= 0.3 is 0 Å². The van der Waals surface area contributed by atoms with Gasteiger partial charge in [0.05, 0.1) is 11.0 Å². The normalized spacial score (nSPS) is 23.3. The zero-order chi connectivity index (χ0) is 13.7. The smallest absolute Gasteiger partial charge is 0.258 e. The standard InChI is InChI=1S/C15H18N2O2/c16-11-10-12-6-2-1-3-7-13(12)14-8-4-5-9-15(14)17(18)19/h4-5,8-9,12-13H,1-3,6-7,10H2. The molecule has 1 aromatic rings. The third-order valence-corrected chi connectivity index (χ3v) is 4.05. The summed E-state index contributed by atoms with van der Waals surface area (Å²) in [5, 5.41) is 20.1. The summed E-state index contributed by atoms with van der Waals surface area (Å²) >= 11 is 0. The van der Waals surface area contributed by atoms with Gasteiger partial charge in [-0.05, 0) is 24.7 Å². The molecule has 1 aliphatic rings. The highest BCUT2D eigenvalue weighted by Crippen LogP contribution is 2.41. The Bertz CT molecular complexity index is 493. The lowest BCUT2D eigenvalue weighted by Gasteiger charge is -2.23. The minimum Gasteiger partial charge on any atom is -0.258 e. The molecule has 0 heterocycles. The summed E-state index contributed by atoms with van der Waals surface area (Å²) in [5.41, 5.74) is 1.02. The Morgan fingerprint density at radius 3 is 2.74 bits per heavy atom. The van der Waals surface area contributed by atoms with Crippen LogP contribution in [0.2, 0.25) is 0 Å². The molecule has 100 valence electrons. The number of nitrogens with zero attached hydrogens (tertiary/aromatic N) is 2. The molecular weight excluding hydrogens is 240 g/mol. The molecule has 4 heteroatoms. The summed E-state index contributed by atoms with van der Waals surface area (Å²) in [6.45, 7) is 0. The van der Waals surface area contributed by atoms with Crippen LogP contribution in [-0.2, 0) is 0 Å². The molecule has 0 radical (unpaired) electrons. The topological polar surface area (TPSA) is 66.9 Å². The van der Waals surface area contributed by atoms with Gasteiger partial charge in [0.25, 0.3) is 5.69 Å². The average molecular weight is 258 g/mol. The third-order valence-electron chi connectivity index (χ3n) is 4.05. The fraction of sp³-hybridized carbons (Fsp3) is 0.533. The van der Waals surface area contributed by atoms with Crippen LogP contribution in [-0.4, -0.2) is 4.92 Å². The molecule has 1 fully saturated rings. The number of para-hydroxylation sites is 1. The van der Waals surface area contributed by atoms with E-state index in [2.05, 4.69) is 6.07 Å². The number of nitro groups is 1. The van der Waals surface area contributed by atoms with Gasteiger partial charge in [0.2, 0.25) is 0 Å². The maximum atomic E-state index is 11.2. The summed E-state index contributed by atoms with van der Waals surface area (Å²) in [7, 11) is 0. The number of rotatable bonds is 3. The van der Waals surface area contributed by atoms with E-state index in [1.165, 1.54) is 6.42 Å². The van der Waals surface area contributed by atoms with Crippen molar-refractivity contribution in [3.8, 4) is 6.07 Å². The van der Waals surface area contributed by atoms with Gasteiger partial charge in [0.1, 0.15) is 0 Å². The molecule has 1 aromatic carbocycles. The van der Waals surface area contributed by atoms with Crippen LogP contribution in [0, 0.1) is 27.4 Å². The highest BCUT2D eigenvalue weighted by molar-refractivity contribution is 5.42. The van der Waals surface area contributed by atoms with Crippen LogP contribution in [0.25, 0.3) is 0 Å². The summed E-state index contributed by atoms with van der Waals surface area (Å²) in [5.74, 6) is 0.414. The first-order chi connectivity index (χ1) is 9.24. The molecule has 0 N–H and O–H groups in total. The van der Waals surface area contributed by atoms with Crippen molar-refractivity contribution in [1.29, 1.82) is 5.26 Å². The first kappa shape index (κ1) is 13.5. The van der Waals surface area contributed by atoms with Crippen LogP contribution >= 0.6 is 0 Å². The first-order valence-corrected chi connectivity index (χ1v) is 6.84. The van der Waals surface area contributed by atoms with E-state index in [0.29, 0.717) is 6.42 Å². The number of nitro benzene ring substituents is 1. The van der Waals surface area contributed by atoms with Gasteiger partial charge in [0.15, 0.2) is 0 Å². The maximum Gasteiger partial charge on any atom is 0.272 e. The first-order valence-electron chi connectivity index (χ1n) is 6.84. The molecule has 2 rings (SSSR count).